The van der Waals surface area contributed by atoms with Crippen LogP contribution in [0, 0.1) is 13.8 Å². The zero-order chi connectivity index (χ0) is 24.8. The van der Waals surface area contributed by atoms with Crippen molar-refractivity contribution in [2.75, 3.05) is 52.1 Å². The summed E-state index contributed by atoms with van der Waals surface area (Å²) in [6.45, 7) is 9.00. The third-order valence-corrected chi connectivity index (χ3v) is 6.39. The van der Waals surface area contributed by atoms with Crippen molar-refractivity contribution in [1.82, 2.24) is 15.1 Å². The Hall–Kier alpha value is -2.33. The average molecular weight is 495 g/mol. The Morgan fingerprint density at radius 3 is 2.74 bits per heavy atom. The molecule has 0 unspecified atom stereocenters. The van der Waals surface area contributed by atoms with Crippen molar-refractivity contribution in [3.05, 3.63) is 39.5 Å². The number of hydrogen-bond donors (Lipinski definition) is 1. The van der Waals surface area contributed by atoms with Crippen molar-refractivity contribution < 1.29 is 23.7 Å². The van der Waals surface area contributed by atoms with Gasteiger partial charge < -0.3 is 29.2 Å². The number of aryl methyl sites for hydroxylation is 2. The highest BCUT2D eigenvalue weighted by Gasteiger charge is 2.34. The number of benzene rings is 1. The normalized spacial score (nSPS) is 17.7. The van der Waals surface area contributed by atoms with Crippen LogP contribution in [-0.2, 0) is 27.8 Å². The molecule has 34 heavy (non-hydrogen) atoms. The molecule has 188 valence electrons. The number of nitrogens with zero attached hydrogens (tertiary/aromatic N) is 3. The summed E-state index contributed by atoms with van der Waals surface area (Å²) in [5.41, 5.74) is 3.91. The fourth-order valence-corrected chi connectivity index (χ4v) is 4.65. The molecule has 1 amide bonds. The predicted octanol–water partition coefficient (Wildman–Crippen LogP) is 2.89. The number of hydrogen-bond acceptors (Lipinski definition) is 7. The lowest BCUT2D eigenvalue weighted by molar-refractivity contribution is 0.00728. The number of anilines is 1. The number of amides is 1. The molecule has 1 aliphatic rings. The van der Waals surface area contributed by atoms with Gasteiger partial charge in [0.05, 0.1) is 57.4 Å². The predicted molar refractivity (Wildman–Crippen MR) is 131 cm³/mol. The number of likely N-dealkylation sites (N-methyl/N-ethyl adjacent to an activating group) is 1. The smallest absolute Gasteiger partial charge is 0.251 e. The highest BCUT2D eigenvalue weighted by molar-refractivity contribution is 6.31. The summed E-state index contributed by atoms with van der Waals surface area (Å²) in [5, 5.41) is 7.86. The number of nitrogens with one attached hydrogen (secondary N) is 1. The molecule has 0 radical (unpaired) electrons. The summed E-state index contributed by atoms with van der Waals surface area (Å²) in [6.07, 6.45) is -0.0909. The Balaban J connectivity index is 1.82. The van der Waals surface area contributed by atoms with Gasteiger partial charge in [0.1, 0.15) is 6.10 Å². The van der Waals surface area contributed by atoms with Crippen LogP contribution in [0.1, 0.15) is 34.1 Å². The van der Waals surface area contributed by atoms with Crippen molar-refractivity contribution in [2.45, 2.75) is 39.5 Å². The van der Waals surface area contributed by atoms with Crippen LogP contribution < -0.4 is 15.0 Å². The summed E-state index contributed by atoms with van der Waals surface area (Å²) < 4.78 is 23.9. The molecule has 1 fully saturated rings. The highest BCUT2D eigenvalue weighted by Crippen LogP contribution is 2.32. The number of halogens is 1. The van der Waals surface area contributed by atoms with Gasteiger partial charge in [-0.25, -0.2) is 4.68 Å². The minimum Gasteiger partial charge on any atom is -0.481 e. The Kier molecular flexibility index (Phi) is 9.18. The first-order valence-corrected chi connectivity index (χ1v) is 11.8. The molecule has 9 nitrogen and oxygen atoms in total. The molecule has 1 aromatic heterocycles. The van der Waals surface area contributed by atoms with E-state index >= 15 is 0 Å². The number of rotatable bonds is 11. The molecular formula is C24H35ClN4O5. The second-order valence-electron chi connectivity index (χ2n) is 8.27. The summed E-state index contributed by atoms with van der Waals surface area (Å²) in [5.74, 6) is 0.414. The first-order chi connectivity index (χ1) is 16.3. The van der Waals surface area contributed by atoms with Gasteiger partial charge in [-0.1, -0.05) is 11.6 Å². The van der Waals surface area contributed by atoms with E-state index < -0.39 is 0 Å². The monoisotopic (exact) mass is 494 g/mol. The summed E-state index contributed by atoms with van der Waals surface area (Å²) >= 11 is 6.49. The summed E-state index contributed by atoms with van der Waals surface area (Å²) in [7, 11) is 5.05. The van der Waals surface area contributed by atoms with Crippen molar-refractivity contribution in [2.24, 2.45) is 7.05 Å². The van der Waals surface area contributed by atoms with Crippen molar-refractivity contribution in [1.29, 1.82) is 0 Å². The molecule has 1 aromatic carbocycles. The van der Waals surface area contributed by atoms with Gasteiger partial charge in [0.25, 0.3) is 5.91 Å². The quantitative estimate of drug-likeness (QED) is 0.480. The van der Waals surface area contributed by atoms with Crippen LogP contribution in [0.2, 0.25) is 5.02 Å². The van der Waals surface area contributed by atoms with E-state index in [-0.39, 0.29) is 18.1 Å². The van der Waals surface area contributed by atoms with E-state index in [2.05, 4.69) is 22.2 Å². The molecule has 2 atom stereocenters. The number of carbonyl (C=O) groups excluding carboxylic acids is 1. The van der Waals surface area contributed by atoms with E-state index in [0.29, 0.717) is 56.0 Å². The van der Waals surface area contributed by atoms with E-state index in [1.165, 1.54) is 0 Å². The van der Waals surface area contributed by atoms with Gasteiger partial charge in [-0.2, -0.15) is 5.10 Å². The van der Waals surface area contributed by atoms with Crippen LogP contribution in [0.4, 0.5) is 5.69 Å². The maximum atomic E-state index is 13.2. The van der Waals surface area contributed by atoms with Gasteiger partial charge in [-0.05, 0) is 38.5 Å². The highest BCUT2D eigenvalue weighted by atomic mass is 35.5. The zero-order valence-corrected chi connectivity index (χ0v) is 21.6. The number of aromatic nitrogens is 2. The van der Waals surface area contributed by atoms with Crippen molar-refractivity contribution in [3.8, 4) is 5.88 Å². The van der Waals surface area contributed by atoms with Crippen molar-refractivity contribution in [3.63, 3.8) is 0 Å². The first-order valence-electron chi connectivity index (χ1n) is 11.4. The number of methoxy groups -OCH3 is 2. The fourth-order valence-electron chi connectivity index (χ4n) is 4.44. The van der Waals surface area contributed by atoms with Crippen LogP contribution in [0.5, 0.6) is 5.88 Å². The third-order valence-electron chi connectivity index (χ3n) is 6.17. The average Bonchev–Trinajstić information content (AvgIpc) is 3.37. The van der Waals surface area contributed by atoms with Gasteiger partial charge in [-0.3, -0.25) is 4.79 Å². The topological polar surface area (TPSA) is 87.1 Å². The molecule has 2 aromatic rings. The molecule has 0 saturated carbocycles. The van der Waals surface area contributed by atoms with E-state index in [1.807, 2.05) is 27.0 Å². The molecule has 3 rings (SSSR count). The fraction of sp³-hybridized carbons (Fsp3) is 0.583. The van der Waals surface area contributed by atoms with Gasteiger partial charge in [0.2, 0.25) is 5.88 Å². The lowest BCUT2D eigenvalue weighted by Crippen LogP contribution is -2.45. The Morgan fingerprint density at radius 1 is 1.29 bits per heavy atom. The van der Waals surface area contributed by atoms with Crippen LogP contribution in [0.15, 0.2) is 12.1 Å². The zero-order valence-electron chi connectivity index (χ0n) is 20.8. The number of carbonyl (C=O) groups is 1. The minimum absolute atomic E-state index is 0.0113. The largest absolute Gasteiger partial charge is 0.481 e. The molecule has 1 saturated heterocycles. The van der Waals surface area contributed by atoms with E-state index in [9.17, 15) is 4.79 Å². The third kappa shape index (κ3) is 5.66. The Bertz CT molecular complexity index is 996. The lowest BCUT2D eigenvalue weighted by Gasteiger charge is -2.34. The van der Waals surface area contributed by atoms with Gasteiger partial charge in [0, 0.05) is 37.0 Å². The van der Waals surface area contributed by atoms with Gasteiger partial charge in [0.15, 0.2) is 0 Å². The van der Waals surface area contributed by atoms with Crippen LogP contribution in [0.3, 0.4) is 0 Å². The molecule has 0 aliphatic carbocycles. The van der Waals surface area contributed by atoms with Crippen LogP contribution in [0.25, 0.3) is 0 Å². The Labute approximate surface area is 206 Å². The molecule has 2 heterocycles. The summed E-state index contributed by atoms with van der Waals surface area (Å²) in [4.78, 5) is 15.4. The second kappa shape index (κ2) is 11.9. The molecule has 1 N–H and O–H groups in total. The summed E-state index contributed by atoms with van der Waals surface area (Å²) in [6, 6.07) is 3.61. The van der Waals surface area contributed by atoms with Gasteiger partial charge >= 0.3 is 0 Å². The maximum Gasteiger partial charge on any atom is 0.251 e. The standard InChI is InChI=1S/C24H35ClN4O5/c1-7-29(21-13-33-14-22(21)34-9-8-31-5)20-11-17(25)10-18(15(20)2)23(30)26-12-19-16(3)27-28(4)24(19)32-6/h10-11,21-22H,7-9,12-14H2,1-6H3,(H,26,30)/t21-,22-/m0/s1. The van der Waals surface area contributed by atoms with E-state index in [1.54, 1.807) is 25.0 Å². The number of ether oxygens (including phenoxy) is 4. The SMILES string of the molecule is CCN(c1cc(Cl)cc(C(=O)NCc2c(C)nn(C)c2OC)c1C)[C@H]1COC[C@@H]1OCCOC. The molecule has 1 aliphatic heterocycles. The van der Waals surface area contributed by atoms with Crippen molar-refractivity contribution >= 4 is 23.2 Å². The van der Waals surface area contributed by atoms with E-state index in [0.717, 1.165) is 22.5 Å². The Morgan fingerprint density at radius 2 is 2.06 bits per heavy atom. The molecule has 0 bridgehead atoms. The first kappa shape index (κ1) is 26.3. The van der Waals surface area contributed by atoms with Crippen LogP contribution >= 0.6 is 11.6 Å². The maximum absolute atomic E-state index is 13.2. The molecule has 10 heteroatoms. The van der Waals surface area contributed by atoms with E-state index in [4.69, 9.17) is 30.5 Å². The lowest BCUT2D eigenvalue weighted by atomic mass is 10.0. The molecular weight excluding hydrogens is 460 g/mol. The van der Waals surface area contributed by atoms with Gasteiger partial charge in [-0.15, -0.1) is 0 Å². The second-order valence-corrected chi connectivity index (χ2v) is 8.71. The molecule has 0 spiro atoms. The minimum atomic E-state index is -0.210. The van der Waals surface area contributed by atoms with Crippen LogP contribution in [-0.4, -0.2) is 75.0 Å².